The van der Waals surface area contributed by atoms with Crippen molar-refractivity contribution < 1.29 is 64.5 Å². The van der Waals surface area contributed by atoms with Gasteiger partial charge in [0, 0.05) is 102 Å². The van der Waals surface area contributed by atoms with E-state index in [4.69, 9.17) is 87.7 Å². The van der Waals surface area contributed by atoms with Crippen molar-refractivity contribution in [2.45, 2.75) is 117 Å². The van der Waals surface area contributed by atoms with Crippen molar-refractivity contribution in [3.63, 3.8) is 0 Å². The van der Waals surface area contributed by atoms with Crippen molar-refractivity contribution >= 4 is 217 Å². The van der Waals surface area contributed by atoms with Crippen LogP contribution in [0, 0.1) is 3.57 Å². The first-order valence-corrected chi connectivity index (χ1v) is 45.1. The second kappa shape index (κ2) is 33.1. The van der Waals surface area contributed by atoms with Crippen LogP contribution in [-0.4, -0.2) is 71.9 Å². The molecule has 2 N–H and O–H groups in total. The molecule has 24 rings (SSSR count). The predicted molar refractivity (Wildman–Crippen MR) is 537 cm³/mol. The second-order valence-electron chi connectivity index (χ2n) is 36.1. The molecular weight excluding hydrogens is 1760 g/mol. The molecule has 14 nitrogen and oxygen atoms in total. The quantitative estimate of drug-likeness (QED) is 0.109. The number of furan rings is 6. The van der Waals surface area contributed by atoms with Crippen molar-refractivity contribution in [3.05, 3.63) is 323 Å². The van der Waals surface area contributed by atoms with Gasteiger partial charge >= 0.3 is 28.3 Å². The van der Waals surface area contributed by atoms with Crippen LogP contribution in [0.2, 0.25) is 10.0 Å². The molecule has 6 aromatic heterocycles. The minimum Gasteiger partial charge on any atom is -0.455 e. The lowest BCUT2D eigenvalue weighted by Gasteiger charge is -2.32. The summed E-state index contributed by atoms with van der Waals surface area (Å²) in [6.45, 7) is 24.5. The third-order valence-corrected chi connectivity index (χ3v) is 27.8. The van der Waals surface area contributed by atoms with Crippen molar-refractivity contribution in [2.24, 2.45) is 0 Å². The van der Waals surface area contributed by atoms with Gasteiger partial charge in [-0.15, -0.1) is 0 Å². The fourth-order valence-electron chi connectivity index (χ4n) is 17.5. The van der Waals surface area contributed by atoms with Crippen LogP contribution < -0.4 is 10.9 Å². The van der Waals surface area contributed by atoms with E-state index in [2.05, 4.69) is 232 Å². The molecule has 21 aromatic rings. The molecule has 0 amide bonds. The molecule has 0 bridgehead atoms. The molecule has 21 heteroatoms. The molecule has 15 aromatic carbocycles. The van der Waals surface area contributed by atoms with E-state index in [0.717, 1.165) is 196 Å². The van der Waals surface area contributed by atoms with Crippen molar-refractivity contribution in [1.29, 1.82) is 0 Å². The molecule has 9 heterocycles. The van der Waals surface area contributed by atoms with E-state index >= 15 is 0 Å². The normalized spacial score (nSPS) is 15.9. The SMILES string of the molecule is CC1(C)OB(B2OC(C)(C)C(C)(C)O2)OC1(C)C.CC1(C)OB(c2ccc(-c3ccc(-c4cccc5c4oc4ccccc45)c4c3oc3ccccc34)cc2)OC1(C)C.Clc1ccc(-c2ccc(-c3cccc4c3oc3ccccc34)c3c2oc2ccccc23)cc1.Ic1ccc(-c2cccc3c2oc2ccccc23)c2c1oc1ccccc12.OB(O)c1ccc(Cl)cc1. The van der Waals surface area contributed by atoms with E-state index < -0.39 is 28.3 Å². The fraction of sp³-hybridized carbons (Fsp3) is 0.167. The Morgan fingerprint density at radius 3 is 0.860 bits per heavy atom. The van der Waals surface area contributed by atoms with Gasteiger partial charge in [0.15, 0.2) is 0 Å². The molecule has 3 saturated heterocycles. The van der Waals surface area contributed by atoms with Crippen LogP contribution >= 0.6 is 45.8 Å². The minimum atomic E-state index is -1.41. The molecule has 0 saturated carbocycles. The zero-order valence-corrected chi connectivity index (χ0v) is 76.9. The number of fused-ring (bicyclic) bond motifs is 18. The summed E-state index contributed by atoms with van der Waals surface area (Å²) in [5.41, 5.74) is 20.7. The lowest BCUT2D eigenvalue weighted by atomic mass is 9.49. The summed E-state index contributed by atoms with van der Waals surface area (Å²) in [5.74, 6) is 0. The number of hydrogen-bond donors (Lipinski definition) is 2. The summed E-state index contributed by atoms with van der Waals surface area (Å²) in [4.78, 5) is 0. The number of hydrogen-bond acceptors (Lipinski definition) is 14. The van der Waals surface area contributed by atoms with Crippen LogP contribution in [0.4, 0.5) is 0 Å². The van der Waals surface area contributed by atoms with Gasteiger partial charge in [-0.05, 0) is 223 Å². The van der Waals surface area contributed by atoms with Crippen LogP contribution in [0.3, 0.4) is 0 Å². The highest BCUT2D eigenvalue weighted by molar-refractivity contribution is 14.1. The van der Waals surface area contributed by atoms with Gasteiger partial charge in [-0.2, -0.15) is 0 Å². The van der Waals surface area contributed by atoms with Crippen molar-refractivity contribution in [2.75, 3.05) is 0 Å². The Morgan fingerprint density at radius 1 is 0.248 bits per heavy atom. The zero-order chi connectivity index (χ0) is 89.4. The first-order valence-electron chi connectivity index (χ1n) is 43.2. The summed E-state index contributed by atoms with van der Waals surface area (Å²) in [5, 5.41) is 31.9. The number of halogens is 3. The lowest BCUT2D eigenvalue weighted by molar-refractivity contribution is 0.00578. The molecule has 3 fully saturated rings. The maximum absolute atomic E-state index is 8.63. The highest BCUT2D eigenvalue weighted by atomic mass is 127. The Bertz CT molecular complexity index is 7810. The van der Waals surface area contributed by atoms with E-state index in [1.807, 2.05) is 159 Å². The van der Waals surface area contributed by atoms with Gasteiger partial charge in [0.05, 0.1) is 37.2 Å². The Hall–Kier alpha value is -11.7. The lowest BCUT2D eigenvalue weighted by Crippen LogP contribution is -2.41. The summed E-state index contributed by atoms with van der Waals surface area (Å²) >= 11 is 14.0. The Morgan fingerprint density at radius 2 is 0.512 bits per heavy atom. The van der Waals surface area contributed by atoms with Crippen LogP contribution in [0.25, 0.3) is 187 Å². The number of para-hydroxylation sites is 9. The van der Waals surface area contributed by atoms with E-state index in [1.54, 1.807) is 24.3 Å². The molecule has 0 spiro atoms. The summed E-state index contributed by atoms with van der Waals surface area (Å²) in [6, 6.07) is 104. The topological polar surface area (TPSA) is 175 Å². The van der Waals surface area contributed by atoms with Gasteiger partial charge in [-0.25, -0.2) is 0 Å². The summed E-state index contributed by atoms with van der Waals surface area (Å²) in [7, 11) is -2.75. The van der Waals surface area contributed by atoms with E-state index in [-0.39, 0.29) is 33.6 Å². The largest absolute Gasteiger partial charge is 0.494 e. The van der Waals surface area contributed by atoms with Gasteiger partial charge in [0.1, 0.15) is 67.0 Å². The first kappa shape index (κ1) is 85.4. The molecule has 0 radical (unpaired) electrons. The van der Waals surface area contributed by atoms with Gasteiger partial charge in [-0.3, -0.25) is 0 Å². The highest BCUT2D eigenvalue weighted by Crippen LogP contribution is 2.51. The highest BCUT2D eigenvalue weighted by Gasteiger charge is 2.64. The molecule has 3 aliphatic rings. The molecule has 3 aliphatic heterocycles. The van der Waals surface area contributed by atoms with Crippen LogP contribution in [0.1, 0.15) is 83.1 Å². The standard InChI is InChI=1S/C36H29BO4.C30H17ClO2.C24H13IO2.C12H24B2O4.C6H6BClO2/c1-35(2)36(3,4)41-37(40-35)23-18-16-22(17-19-23)24-20-21-26(32-29-11-6-8-15-31(29)39-34(24)32)28-13-9-12-27-25-10-5-7-14-30(25)38-33(27)28;31-19-14-12-18(13-15-19)20-16-17-22(28-25-7-2-4-11-27(25)33-30(20)28)24-9-5-8-23-21-6-1-3-10-26(21)32-29(23)24;25-19-13-12-15(22-18-7-2-4-11-21(18)27-24(19)22)17-9-5-8-16-14-6-1-3-10-20(14)26-23(16)17;1-9(2)10(3,4)16-13(15-9)14-17-11(5,6)12(7,8)18-14;8-6-3-1-5(2-4-6)7(9)10/h5-21H,1-4H3;1-17H;1-13H;1-8H3;1-4,9-10H. The fourth-order valence-corrected chi connectivity index (χ4v) is 18.3. The molecular formula is C108H89B4Cl2IO14. The Labute approximate surface area is 770 Å². The molecule has 638 valence electrons. The third-order valence-electron chi connectivity index (χ3n) is 26.4. The molecule has 0 aliphatic carbocycles. The summed E-state index contributed by atoms with van der Waals surface area (Å²) < 4.78 is 75.8. The average Bonchev–Trinajstić information content (AvgIpc) is 1.60. The van der Waals surface area contributed by atoms with E-state index in [9.17, 15) is 0 Å². The van der Waals surface area contributed by atoms with Crippen LogP contribution in [-0.2, 0) is 27.9 Å². The molecule has 0 unspecified atom stereocenters. The van der Waals surface area contributed by atoms with Crippen molar-refractivity contribution in [3.8, 4) is 55.6 Å². The molecule has 129 heavy (non-hydrogen) atoms. The van der Waals surface area contributed by atoms with Gasteiger partial charge in [0.2, 0.25) is 0 Å². The smallest absolute Gasteiger partial charge is 0.455 e. The Kier molecular flexibility index (Phi) is 21.9. The first-order chi connectivity index (χ1) is 62.0. The predicted octanol–water partition coefficient (Wildman–Crippen LogP) is 28.6. The zero-order valence-electron chi connectivity index (χ0n) is 73.2. The Balaban J connectivity index is 0.000000107. The minimum absolute atomic E-state index is 0.360. The average molecular weight is 1850 g/mol. The van der Waals surface area contributed by atoms with Crippen LogP contribution in [0.15, 0.2) is 336 Å². The van der Waals surface area contributed by atoms with Crippen LogP contribution in [0.5, 0.6) is 0 Å². The van der Waals surface area contributed by atoms with E-state index in [0.29, 0.717) is 15.5 Å². The van der Waals surface area contributed by atoms with Gasteiger partial charge in [-0.1, -0.05) is 254 Å². The number of benzene rings is 15. The third kappa shape index (κ3) is 15.4. The maximum atomic E-state index is 8.63. The monoisotopic (exact) mass is 1850 g/mol. The molecule has 0 atom stereocenters. The van der Waals surface area contributed by atoms with Crippen molar-refractivity contribution in [1.82, 2.24) is 0 Å². The van der Waals surface area contributed by atoms with E-state index in [1.165, 1.54) is 0 Å². The maximum Gasteiger partial charge on any atom is 0.494 e. The van der Waals surface area contributed by atoms with Gasteiger partial charge < -0.3 is 64.5 Å². The van der Waals surface area contributed by atoms with Gasteiger partial charge in [0.25, 0.3) is 0 Å². The summed E-state index contributed by atoms with van der Waals surface area (Å²) in [6.07, 6.45) is 0. The second-order valence-corrected chi connectivity index (χ2v) is 38.1. The number of rotatable bonds is 8.